The average Bonchev–Trinajstić information content (AvgIpc) is 2.72. The number of nitrogens with one attached hydrogen (secondary N) is 1. The fourth-order valence-electron chi connectivity index (χ4n) is 3.35. The number of piperidine rings is 1. The Labute approximate surface area is 134 Å². The number of rotatable bonds is 3. The molecule has 1 aromatic carbocycles. The Morgan fingerprint density at radius 3 is 2.65 bits per heavy atom. The molecule has 0 aliphatic carbocycles. The van der Waals surface area contributed by atoms with Crippen molar-refractivity contribution < 1.29 is 9.59 Å². The first-order valence-corrected chi connectivity index (χ1v) is 7.92. The van der Waals surface area contributed by atoms with E-state index in [0.717, 1.165) is 23.0 Å². The van der Waals surface area contributed by atoms with Gasteiger partial charge < -0.3 is 0 Å². The number of hydrogen-bond donors (Lipinski definition) is 1. The minimum Gasteiger partial charge on any atom is -0.295 e. The van der Waals surface area contributed by atoms with Gasteiger partial charge in [-0.05, 0) is 30.4 Å². The fourth-order valence-corrected chi connectivity index (χ4v) is 3.35. The SMILES string of the molecule is CC(C)Cc1cccc2c1n(C)c(=O)n2C1CCC(=O)NC1=O. The summed E-state index contributed by atoms with van der Waals surface area (Å²) in [5, 5.41) is 2.33. The van der Waals surface area contributed by atoms with Crippen LogP contribution in [-0.4, -0.2) is 20.9 Å². The molecule has 1 N–H and O–H groups in total. The monoisotopic (exact) mass is 315 g/mol. The van der Waals surface area contributed by atoms with E-state index in [4.69, 9.17) is 0 Å². The number of fused-ring (bicyclic) bond motifs is 1. The number of hydrogen-bond acceptors (Lipinski definition) is 3. The van der Waals surface area contributed by atoms with Crippen LogP contribution in [0.1, 0.15) is 38.3 Å². The lowest BCUT2D eigenvalue weighted by molar-refractivity contribution is -0.135. The van der Waals surface area contributed by atoms with Crippen molar-refractivity contribution in [1.82, 2.24) is 14.5 Å². The van der Waals surface area contributed by atoms with Gasteiger partial charge in [0.1, 0.15) is 6.04 Å². The molecule has 1 saturated heterocycles. The van der Waals surface area contributed by atoms with E-state index in [9.17, 15) is 14.4 Å². The number of carbonyl (C=O) groups is 2. The molecule has 6 heteroatoms. The quantitative estimate of drug-likeness (QED) is 0.873. The number of para-hydroxylation sites is 1. The molecule has 2 aromatic rings. The maximum atomic E-state index is 12.7. The number of amides is 2. The molecular weight excluding hydrogens is 294 g/mol. The Kier molecular flexibility index (Phi) is 3.83. The zero-order valence-electron chi connectivity index (χ0n) is 13.6. The summed E-state index contributed by atoms with van der Waals surface area (Å²) in [4.78, 5) is 36.2. The summed E-state index contributed by atoms with van der Waals surface area (Å²) in [6.45, 7) is 4.27. The Morgan fingerprint density at radius 1 is 1.26 bits per heavy atom. The van der Waals surface area contributed by atoms with Gasteiger partial charge in [0.2, 0.25) is 11.8 Å². The second-order valence-electron chi connectivity index (χ2n) is 6.56. The average molecular weight is 315 g/mol. The van der Waals surface area contributed by atoms with Crippen molar-refractivity contribution in [3.63, 3.8) is 0 Å². The number of imide groups is 1. The lowest BCUT2D eigenvalue weighted by Crippen LogP contribution is -2.44. The largest absolute Gasteiger partial charge is 0.329 e. The van der Waals surface area contributed by atoms with Gasteiger partial charge in [0.25, 0.3) is 0 Å². The Bertz CT molecular complexity index is 845. The van der Waals surface area contributed by atoms with Crippen molar-refractivity contribution in [2.24, 2.45) is 13.0 Å². The molecule has 1 aliphatic heterocycles. The first-order valence-electron chi connectivity index (χ1n) is 7.92. The molecular formula is C17H21N3O3. The highest BCUT2D eigenvalue weighted by Crippen LogP contribution is 2.26. The molecule has 2 heterocycles. The zero-order chi connectivity index (χ0) is 16.7. The zero-order valence-corrected chi connectivity index (χ0v) is 13.6. The van der Waals surface area contributed by atoms with Gasteiger partial charge in [-0.1, -0.05) is 26.0 Å². The highest BCUT2D eigenvalue weighted by Gasteiger charge is 2.31. The predicted octanol–water partition coefficient (Wildman–Crippen LogP) is 1.52. The molecule has 1 fully saturated rings. The molecule has 1 aliphatic rings. The van der Waals surface area contributed by atoms with E-state index in [1.54, 1.807) is 11.6 Å². The number of nitrogens with zero attached hydrogens (tertiary/aromatic N) is 2. The maximum absolute atomic E-state index is 12.7. The van der Waals surface area contributed by atoms with Crippen LogP contribution in [0.5, 0.6) is 0 Å². The van der Waals surface area contributed by atoms with E-state index in [0.29, 0.717) is 12.3 Å². The standard InChI is InChI=1S/C17H21N3O3/c1-10(2)9-11-5-4-6-12-15(11)19(3)17(23)20(12)13-7-8-14(21)18-16(13)22/h4-6,10,13H,7-9H2,1-3H3,(H,18,21,22). The Hall–Kier alpha value is -2.37. The maximum Gasteiger partial charge on any atom is 0.329 e. The van der Waals surface area contributed by atoms with Crippen molar-refractivity contribution in [3.8, 4) is 0 Å². The summed E-state index contributed by atoms with van der Waals surface area (Å²) >= 11 is 0. The van der Waals surface area contributed by atoms with Crippen molar-refractivity contribution in [2.75, 3.05) is 0 Å². The van der Waals surface area contributed by atoms with Crippen LogP contribution < -0.4 is 11.0 Å². The first kappa shape index (κ1) is 15.5. The molecule has 23 heavy (non-hydrogen) atoms. The topological polar surface area (TPSA) is 73.1 Å². The van der Waals surface area contributed by atoms with Crippen LogP contribution in [0, 0.1) is 5.92 Å². The van der Waals surface area contributed by atoms with E-state index in [1.807, 2.05) is 18.2 Å². The van der Waals surface area contributed by atoms with Crippen LogP contribution >= 0.6 is 0 Å². The van der Waals surface area contributed by atoms with Crippen molar-refractivity contribution >= 4 is 22.8 Å². The third kappa shape index (κ3) is 2.58. The van der Waals surface area contributed by atoms with Gasteiger partial charge in [-0.15, -0.1) is 0 Å². The van der Waals surface area contributed by atoms with E-state index in [2.05, 4.69) is 19.2 Å². The first-order chi connectivity index (χ1) is 10.9. The second kappa shape index (κ2) is 5.68. The molecule has 1 aromatic heterocycles. The highest BCUT2D eigenvalue weighted by molar-refractivity contribution is 6.00. The molecule has 6 nitrogen and oxygen atoms in total. The lowest BCUT2D eigenvalue weighted by atomic mass is 10.0. The molecule has 0 saturated carbocycles. The van der Waals surface area contributed by atoms with E-state index in [-0.39, 0.29) is 18.0 Å². The normalized spacial score (nSPS) is 18.7. The van der Waals surface area contributed by atoms with Crippen LogP contribution in [0.4, 0.5) is 0 Å². The molecule has 1 atom stereocenters. The number of imidazole rings is 1. The van der Waals surface area contributed by atoms with Crippen molar-refractivity contribution in [3.05, 3.63) is 34.2 Å². The van der Waals surface area contributed by atoms with Crippen LogP contribution in [0.15, 0.2) is 23.0 Å². The molecule has 3 rings (SSSR count). The van der Waals surface area contributed by atoms with Gasteiger partial charge >= 0.3 is 5.69 Å². The third-order valence-electron chi connectivity index (χ3n) is 4.34. The molecule has 1 unspecified atom stereocenters. The number of benzene rings is 1. The third-order valence-corrected chi connectivity index (χ3v) is 4.34. The summed E-state index contributed by atoms with van der Waals surface area (Å²) in [6, 6.07) is 5.18. The van der Waals surface area contributed by atoms with E-state index < -0.39 is 11.9 Å². The Morgan fingerprint density at radius 2 is 2.00 bits per heavy atom. The van der Waals surface area contributed by atoms with Gasteiger partial charge in [0.05, 0.1) is 11.0 Å². The van der Waals surface area contributed by atoms with Gasteiger partial charge in [0, 0.05) is 13.5 Å². The fraction of sp³-hybridized carbons (Fsp3) is 0.471. The molecule has 0 bridgehead atoms. The number of aryl methyl sites for hydroxylation is 1. The van der Waals surface area contributed by atoms with Crippen LogP contribution in [0.3, 0.4) is 0 Å². The van der Waals surface area contributed by atoms with Crippen LogP contribution in [0.25, 0.3) is 11.0 Å². The van der Waals surface area contributed by atoms with Gasteiger partial charge in [-0.25, -0.2) is 4.79 Å². The Balaban J connectivity index is 2.19. The summed E-state index contributed by atoms with van der Waals surface area (Å²) < 4.78 is 3.14. The summed E-state index contributed by atoms with van der Waals surface area (Å²) in [7, 11) is 1.73. The number of aromatic nitrogens is 2. The van der Waals surface area contributed by atoms with Gasteiger partial charge in [-0.3, -0.25) is 24.0 Å². The smallest absolute Gasteiger partial charge is 0.295 e. The van der Waals surface area contributed by atoms with Gasteiger partial charge in [-0.2, -0.15) is 0 Å². The predicted molar refractivity (Wildman–Crippen MR) is 87.1 cm³/mol. The van der Waals surface area contributed by atoms with Gasteiger partial charge in [0.15, 0.2) is 0 Å². The summed E-state index contributed by atoms with van der Waals surface area (Å²) in [5.74, 6) is -0.209. The molecule has 122 valence electrons. The minimum absolute atomic E-state index is 0.217. The minimum atomic E-state index is -0.627. The van der Waals surface area contributed by atoms with E-state index in [1.165, 1.54) is 4.57 Å². The van der Waals surface area contributed by atoms with Crippen molar-refractivity contribution in [1.29, 1.82) is 0 Å². The van der Waals surface area contributed by atoms with Crippen molar-refractivity contribution in [2.45, 2.75) is 39.2 Å². The highest BCUT2D eigenvalue weighted by atomic mass is 16.2. The summed E-state index contributed by atoms with van der Waals surface area (Å²) in [6.07, 6.45) is 1.48. The van der Waals surface area contributed by atoms with Crippen LogP contribution in [-0.2, 0) is 23.1 Å². The van der Waals surface area contributed by atoms with E-state index >= 15 is 0 Å². The molecule has 2 amide bonds. The summed E-state index contributed by atoms with van der Waals surface area (Å²) in [5.41, 5.74) is 2.51. The second-order valence-corrected chi connectivity index (χ2v) is 6.56. The number of carbonyl (C=O) groups excluding carboxylic acids is 2. The molecule has 0 radical (unpaired) electrons. The molecule has 0 spiro atoms. The lowest BCUT2D eigenvalue weighted by Gasteiger charge is -2.22. The van der Waals surface area contributed by atoms with Crippen LogP contribution in [0.2, 0.25) is 0 Å².